The second-order valence-electron chi connectivity index (χ2n) is 9.88. The van der Waals surface area contributed by atoms with E-state index in [0.29, 0.717) is 11.5 Å². The maximum Gasteiger partial charge on any atom is 0.122 e. The van der Waals surface area contributed by atoms with Gasteiger partial charge in [0.1, 0.15) is 23.0 Å². The fourth-order valence-corrected chi connectivity index (χ4v) is 6.20. The van der Waals surface area contributed by atoms with Crippen molar-refractivity contribution in [1.29, 1.82) is 0 Å². The van der Waals surface area contributed by atoms with E-state index in [9.17, 15) is 10.2 Å². The lowest BCUT2D eigenvalue weighted by atomic mass is 9.87. The first-order valence-electron chi connectivity index (χ1n) is 13.4. The van der Waals surface area contributed by atoms with E-state index in [1.807, 2.05) is 49.4 Å². The van der Waals surface area contributed by atoms with Gasteiger partial charge in [0.25, 0.3) is 0 Å². The summed E-state index contributed by atoms with van der Waals surface area (Å²) in [4.78, 5) is 2.12. The molecule has 204 valence electrons. The van der Waals surface area contributed by atoms with Crippen LogP contribution in [0.4, 0.5) is 0 Å². The molecule has 0 aliphatic carbocycles. The van der Waals surface area contributed by atoms with Crippen LogP contribution in [0.1, 0.15) is 72.4 Å². The summed E-state index contributed by atoms with van der Waals surface area (Å²) in [6.45, 7) is 8.27. The van der Waals surface area contributed by atoms with E-state index in [1.165, 1.54) is 0 Å². The molecule has 39 heavy (non-hydrogen) atoms. The molecule has 0 amide bonds. The summed E-state index contributed by atoms with van der Waals surface area (Å²) in [6, 6.07) is 24.4. The molecule has 0 radical (unpaired) electrons. The van der Waals surface area contributed by atoms with E-state index in [4.69, 9.17) is 9.47 Å². The predicted octanol–water partition coefficient (Wildman–Crippen LogP) is 8.83. The first-order chi connectivity index (χ1) is 18.8. The van der Waals surface area contributed by atoms with Crippen LogP contribution in [0, 0.1) is 6.92 Å². The zero-order chi connectivity index (χ0) is 28.1. The van der Waals surface area contributed by atoms with Crippen LogP contribution in [0.15, 0.2) is 82.6 Å². The number of phenols is 2. The third-order valence-electron chi connectivity index (χ3n) is 7.50. The molecule has 4 rings (SSSR count). The monoisotopic (exact) mass is 542 g/mol. The van der Waals surface area contributed by atoms with E-state index >= 15 is 0 Å². The summed E-state index contributed by atoms with van der Waals surface area (Å²) in [6.07, 6.45) is 1.60. The second kappa shape index (κ2) is 12.5. The van der Waals surface area contributed by atoms with E-state index in [-0.39, 0.29) is 11.8 Å². The number of phenolic OH excluding ortho intramolecular Hbond substituents is 2. The van der Waals surface area contributed by atoms with Crippen LogP contribution in [-0.4, -0.2) is 24.4 Å². The van der Waals surface area contributed by atoms with Gasteiger partial charge in [-0.2, -0.15) is 0 Å². The molecule has 0 saturated carbocycles. The minimum Gasteiger partial charge on any atom is -0.507 e. The minimum absolute atomic E-state index is 0.0104. The van der Waals surface area contributed by atoms with Gasteiger partial charge in [-0.15, -0.1) is 0 Å². The maximum atomic E-state index is 11.2. The fourth-order valence-electron chi connectivity index (χ4n) is 5.12. The van der Waals surface area contributed by atoms with Crippen molar-refractivity contribution < 1.29 is 19.7 Å². The Morgan fingerprint density at radius 1 is 0.718 bits per heavy atom. The normalized spacial score (nSPS) is 12.7. The van der Waals surface area contributed by atoms with E-state index < -0.39 is 0 Å². The minimum atomic E-state index is 0.0104. The molecule has 4 nitrogen and oxygen atoms in total. The van der Waals surface area contributed by atoms with Crippen molar-refractivity contribution in [2.24, 2.45) is 0 Å². The van der Waals surface area contributed by atoms with Crippen LogP contribution in [0.5, 0.6) is 23.0 Å². The Kier molecular flexibility index (Phi) is 9.13. The molecule has 0 heterocycles. The molecular formula is C34H38O4S. The van der Waals surface area contributed by atoms with Gasteiger partial charge in [-0.25, -0.2) is 0 Å². The van der Waals surface area contributed by atoms with Crippen LogP contribution in [0.25, 0.3) is 0 Å². The summed E-state index contributed by atoms with van der Waals surface area (Å²) in [7, 11) is 3.33. The van der Waals surface area contributed by atoms with Crippen molar-refractivity contribution in [3.05, 3.63) is 106 Å². The van der Waals surface area contributed by atoms with Gasteiger partial charge in [-0.05, 0) is 90.6 Å². The largest absolute Gasteiger partial charge is 0.507 e. The second-order valence-corrected chi connectivity index (χ2v) is 11.0. The van der Waals surface area contributed by atoms with E-state index in [2.05, 4.69) is 51.1 Å². The SMILES string of the molecule is CCc1cc(Sc2cc(C)c(O)c(C(C)c3ccc(OC)cc3)c2)cc(C(CC)c2ccc(OC)cc2)c1O. The van der Waals surface area contributed by atoms with Crippen LogP contribution in [0.3, 0.4) is 0 Å². The third-order valence-corrected chi connectivity index (χ3v) is 8.44. The van der Waals surface area contributed by atoms with Crippen molar-refractivity contribution in [3.8, 4) is 23.0 Å². The smallest absolute Gasteiger partial charge is 0.122 e. The number of benzene rings is 4. The zero-order valence-electron chi connectivity index (χ0n) is 23.6. The first-order valence-corrected chi connectivity index (χ1v) is 14.3. The number of aryl methyl sites for hydroxylation is 2. The van der Waals surface area contributed by atoms with Gasteiger partial charge in [-0.1, -0.05) is 56.8 Å². The van der Waals surface area contributed by atoms with Gasteiger partial charge < -0.3 is 19.7 Å². The Balaban J connectivity index is 1.71. The molecule has 2 unspecified atom stereocenters. The van der Waals surface area contributed by atoms with Gasteiger partial charge in [-0.3, -0.25) is 0 Å². The molecule has 2 atom stereocenters. The van der Waals surface area contributed by atoms with Crippen molar-refractivity contribution in [3.63, 3.8) is 0 Å². The molecule has 0 aliphatic rings. The lowest BCUT2D eigenvalue weighted by Crippen LogP contribution is -2.02. The average Bonchev–Trinajstić information content (AvgIpc) is 2.96. The van der Waals surface area contributed by atoms with E-state index in [1.54, 1.807) is 26.0 Å². The molecule has 0 saturated heterocycles. The van der Waals surface area contributed by atoms with Crippen molar-refractivity contribution >= 4 is 11.8 Å². The van der Waals surface area contributed by atoms with Crippen LogP contribution >= 0.6 is 11.8 Å². The van der Waals surface area contributed by atoms with Crippen molar-refractivity contribution in [1.82, 2.24) is 0 Å². The molecule has 0 fully saturated rings. The lowest BCUT2D eigenvalue weighted by Gasteiger charge is -2.21. The number of rotatable bonds is 10. The van der Waals surface area contributed by atoms with Gasteiger partial charge in [0.05, 0.1) is 14.2 Å². The molecule has 4 aromatic carbocycles. The number of methoxy groups -OCH3 is 2. The topological polar surface area (TPSA) is 58.9 Å². The predicted molar refractivity (Wildman–Crippen MR) is 160 cm³/mol. The molecule has 0 aromatic heterocycles. The van der Waals surface area contributed by atoms with Crippen molar-refractivity contribution in [2.75, 3.05) is 14.2 Å². The number of hydrogen-bond acceptors (Lipinski definition) is 5. The lowest BCUT2D eigenvalue weighted by molar-refractivity contribution is 0.414. The van der Waals surface area contributed by atoms with Crippen LogP contribution in [0.2, 0.25) is 0 Å². The summed E-state index contributed by atoms with van der Waals surface area (Å²) in [5.41, 5.74) is 5.86. The van der Waals surface area contributed by atoms with Gasteiger partial charge in [0, 0.05) is 32.8 Å². The van der Waals surface area contributed by atoms with Crippen molar-refractivity contribution in [2.45, 2.75) is 62.2 Å². The highest BCUT2D eigenvalue weighted by Gasteiger charge is 2.21. The molecule has 4 aromatic rings. The first kappa shape index (κ1) is 28.4. The van der Waals surface area contributed by atoms with Gasteiger partial charge in [0.2, 0.25) is 0 Å². The highest BCUT2D eigenvalue weighted by Crippen LogP contribution is 2.43. The Morgan fingerprint density at radius 3 is 1.79 bits per heavy atom. The fraction of sp³-hybridized carbons (Fsp3) is 0.294. The number of aromatic hydroxyl groups is 2. The highest BCUT2D eigenvalue weighted by molar-refractivity contribution is 7.99. The quantitative estimate of drug-likeness (QED) is 0.210. The summed E-state index contributed by atoms with van der Waals surface area (Å²) in [5.74, 6) is 2.41. The Morgan fingerprint density at radius 2 is 1.26 bits per heavy atom. The third kappa shape index (κ3) is 6.20. The Hall–Kier alpha value is -3.57. The zero-order valence-corrected chi connectivity index (χ0v) is 24.4. The van der Waals surface area contributed by atoms with E-state index in [0.717, 1.165) is 67.5 Å². The average molecular weight is 543 g/mol. The molecule has 0 spiro atoms. The van der Waals surface area contributed by atoms with Gasteiger partial charge in [0.15, 0.2) is 0 Å². The van der Waals surface area contributed by atoms with Crippen LogP contribution in [-0.2, 0) is 6.42 Å². The summed E-state index contributed by atoms with van der Waals surface area (Å²) >= 11 is 1.66. The molecule has 5 heteroatoms. The summed E-state index contributed by atoms with van der Waals surface area (Å²) < 4.78 is 10.6. The standard InChI is InChI=1S/C34H38O4S/c1-7-23-18-29(20-32(34(23)36)30(8-2)25-11-15-27(38-6)16-12-25)39-28-17-21(3)33(35)31(19-28)22(4)24-9-13-26(37-5)14-10-24/h9-20,22,30,35-36H,7-8H2,1-6H3. The number of hydrogen-bond donors (Lipinski definition) is 2. The summed E-state index contributed by atoms with van der Waals surface area (Å²) in [5, 5.41) is 22.2. The Labute approximate surface area is 236 Å². The van der Waals surface area contributed by atoms with Gasteiger partial charge >= 0.3 is 0 Å². The molecule has 2 N–H and O–H groups in total. The number of ether oxygens (including phenoxy) is 2. The Bertz CT molecular complexity index is 1410. The molecule has 0 aliphatic heterocycles. The van der Waals surface area contributed by atoms with Crippen LogP contribution < -0.4 is 9.47 Å². The molecular weight excluding hydrogens is 504 g/mol. The molecule has 0 bridgehead atoms. The maximum absolute atomic E-state index is 11.2. The highest BCUT2D eigenvalue weighted by atomic mass is 32.2.